The van der Waals surface area contributed by atoms with Crippen molar-refractivity contribution < 1.29 is 19.1 Å². The topological polar surface area (TPSA) is 133 Å². The third kappa shape index (κ3) is 4.74. The van der Waals surface area contributed by atoms with Gasteiger partial charge in [-0.15, -0.1) is 11.3 Å². The number of hydrogen-bond acceptors (Lipinski definition) is 7. The van der Waals surface area contributed by atoms with Gasteiger partial charge in [-0.05, 0) is 29.7 Å². The average molecular weight is 496 g/mol. The molecule has 3 amide bonds. The molecular weight excluding hydrogens is 466 g/mol. The lowest BCUT2D eigenvalue weighted by atomic mass is 9.92. The van der Waals surface area contributed by atoms with E-state index in [0.29, 0.717) is 35.8 Å². The van der Waals surface area contributed by atoms with E-state index in [-0.39, 0.29) is 17.0 Å². The lowest BCUT2D eigenvalue weighted by molar-refractivity contribution is 0.0999. The molecule has 0 saturated heterocycles. The monoisotopic (exact) mass is 495 g/mol. The van der Waals surface area contributed by atoms with Gasteiger partial charge in [-0.1, -0.05) is 26.0 Å². The van der Waals surface area contributed by atoms with Crippen molar-refractivity contribution >= 4 is 34.6 Å². The molecule has 2 heterocycles. The minimum atomic E-state index is -0.589. The van der Waals surface area contributed by atoms with E-state index < -0.39 is 11.9 Å². The Hall–Kier alpha value is -3.79. The van der Waals surface area contributed by atoms with Gasteiger partial charge < -0.3 is 31.2 Å². The average Bonchev–Trinajstić information content (AvgIpc) is 3.28. The van der Waals surface area contributed by atoms with Gasteiger partial charge in [0, 0.05) is 36.0 Å². The number of nitrogen functional groups attached to an aromatic ring is 1. The molecule has 35 heavy (non-hydrogen) atoms. The van der Waals surface area contributed by atoms with E-state index in [0.717, 1.165) is 21.7 Å². The Morgan fingerprint density at radius 1 is 1.14 bits per heavy atom. The number of ether oxygens (including phenoxy) is 2. The van der Waals surface area contributed by atoms with Crippen LogP contribution in [0.5, 0.6) is 11.5 Å². The number of anilines is 2. The van der Waals surface area contributed by atoms with Crippen LogP contribution in [-0.2, 0) is 6.42 Å². The molecule has 4 rings (SSSR count). The van der Waals surface area contributed by atoms with Gasteiger partial charge in [0.05, 0.1) is 30.8 Å². The lowest BCUT2D eigenvalue weighted by Gasteiger charge is -2.36. The number of fused-ring (bicyclic) bond motifs is 1. The first kappa shape index (κ1) is 24.3. The van der Waals surface area contributed by atoms with E-state index in [1.807, 2.05) is 18.2 Å². The van der Waals surface area contributed by atoms with Gasteiger partial charge in [0.2, 0.25) is 0 Å². The van der Waals surface area contributed by atoms with Gasteiger partial charge in [0.25, 0.3) is 5.91 Å². The molecule has 1 aromatic heterocycles. The first-order valence-electron chi connectivity index (χ1n) is 11.2. The number of carbonyl (C=O) groups is 2. The van der Waals surface area contributed by atoms with Crippen LogP contribution in [0.4, 0.5) is 16.2 Å². The van der Waals surface area contributed by atoms with Crippen LogP contribution in [0.1, 0.15) is 57.3 Å². The van der Waals surface area contributed by atoms with Crippen molar-refractivity contribution in [1.82, 2.24) is 9.88 Å². The number of primary amides is 1. The van der Waals surface area contributed by atoms with Crippen molar-refractivity contribution in [3.8, 4) is 11.5 Å². The van der Waals surface area contributed by atoms with Crippen LogP contribution in [0.3, 0.4) is 0 Å². The summed E-state index contributed by atoms with van der Waals surface area (Å²) in [7, 11) is 3.09. The maximum absolute atomic E-state index is 13.6. The smallest absolute Gasteiger partial charge is 0.322 e. The summed E-state index contributed by atoms with van der Waals surface area (Å²) in [5.41, 5.74) is 15.7. The number of rotatable bonds is 6. The summed E-state index contributed by atoms with van der Waals surface area (Å²) < 4.78 is 10.6. The summed E-state index contributed by atoms with van der Waals surface area (Å²) in [6.45, 7) is 4.59. The second-order valence-corrected chi connectivity index (χ2v) is 9.61. The molecule has 0 bridgehead atoms. The number of hydrogen-bond donors (Lipinski definition) is 3. The summed E-state index contributed by atoms with van der Waals surface area (Å²) in [6, 6.07) is 10.2. The standard InChI is InChI=1S/C25H29N5O4S/c1-13(2)14-5-7-17(26)16(11-14)21-22-18(29-24(35-22)23(27)31)9-10-30(21)25(32)28-15-6-8-19(33-3)20(12-15)34-4/h5-8,11-13,21H,9-10,26H2,1-4H3,(H2,27,31)(H,28,32). The number of thiazole rings is 1. The molecule has 9 nitrogen and oxygen atoms in total. The number of benzene rings is 2. The normalized spacial score (nSPS) is 15.0. The highest BCUT2D eigenvalue weighted by Gasteiger charge is 2.37. The van der Waals surface area contributed by atoms with E-state index in [4.69, 9.17) is 20.9 Å². The fourth-order valence-corrected chi connectivity index (χ4v) is 5.28. The zero-order chi connectivity index (χ0) is 25.3. The van der Waals surface area contributed by atoms with Crippen molar-refractivity contribution in [2.24, 2.45) is 5.73 Å². The second kappa shape index (κ2) is 9.83. The van der Waals surface area contributed by atoms with Crippen molar-refractivity contribution in [3.63, 3.8) is 0 Å². The number of amides is 3. The molecule has 3 aromatic rings. The van der Waals surface area contributed by atoms with Gasteiger partial charge >= 0.3 is 6.03 Å². The molecule has 5 N–H and O–H groups in total. The van der Waals surface area contributed by atoms with Crippen LogP contribution >= 0.6 is 11.3 Å². The van der Waals surface area contributed by atoms with Crippen LogP contribution in [0.15, 0.2) is 36.4 Å². The fraction of sp³-hybridized carbons (Fsp3) is 0.320. The van der Waals surface area contributed by atoms with Crippen molar-refractivity contribution in [1.29, 1.82) is 0 Å². The molecule has 0 spiro atoms. The minimum absolute atomic E-state index is 0.223. The minimum Gasteiger partial charge on any atom is -0.493 e. The SMILES string of the molecule is COc1ccc(NC(=O)N2CCc3nc(C(N)=O)sc3C2c2cc(C(C)C)ccc2N)cc1OC. The molecule has 0 saturated carbocycles. The molecule has 2 aromatic carbocycles. The molecule has 0 fully saturated rings. The predicted octanol–water partition coefficient (Wildman–Crippen LogP) is 4.14. The number of urea groups is 1. The quantitative estimate of drug-likeness (QED) is 0.440. The maximum atomic E-state index is 13.6. The lowest BCUT2D eigenvalue weighted by Crippen LogP contribution is -2.42. The molecule has 1 aliphatic rings. The highest BCUT2D eigenvalue weighted by molar-refractivity contribution is 7.13. The van der Waals surface area contributed by atoms with Crippen LogP contribution in [0.2, 0.25) is 0 Å². The molecule has 1 aliphatic heterocycles. The molecule has 10 heteroatoms. The van der Waals surface area contributed by atoms with E-state index in [2.05, 4.69) is 24.1 Å². The number of nitrogens with zero attached hydrogens (tertiary/aromatic N) is 2. The zero-order valence-electron chi connectivity index (χ0n) is 20.1. The zero-order valence-corrected chi connectivity index (χ0v) is 20.9. The summed E-state index contributed by atoms with van der Waals surface area (Å²) in [5.74, 6) is 0.751. The molecule has 0 aliphatic carbocycles. The van der Waals surface area contributed by atoms with Crippen LogP contribution in [0, 0.1) is 0 Å². The Labute approximate surface area is 208 Å². The Balaban J connectivity index is 1.76. The Bertz CT molecular complexity index is 1270. The number of methoxy groups -OCH3 is 2. The summed E-state index contributed by atoms with van der Waals surface area (Å²) >= 11 is 1.21. The summed E-state index contributed by atoms with van der Waals surface area (Å²) in [6.07, 6.45) is 0.499. The first-order chi connectivity index (χ1) is 16.7. The molecule has 0 radical (unpaired) electrons. The Kier molecular flexibility index (Phi) is 6.83. The van der Waals surface area contributed by atoms with Crippen LogP contribution < -0.4 is 26.3 Å². The Morgan fingerprint density at radius 2 is 1.89 bits per heavy atom. The second-order valence-electron chi connectivity index (χ2n) is 8.58. The first-order valence-corrected chi connectivity index (χ1v) is 12.0. The van der Waals surface area contributed by atoms with Gasteiger partial charge in [0.15, 0.2) is 16.5 Å². The number of nitrogens with one attached hydrogen (secondary N) is 1. The molecule has 184 valence electrons. The highest BCUT2D eigenvalue weighted by atomic mass is 32.1. The third-order valence-corrected chi connectivity index (χ3v) is 7.22. The summed E-state index contributed by atoms with van der Waals surface area (Å²) in [5, 5.41) is 3.18. The highest BCUT2D eigenvalue weighted by Crippen LogP contribution is 2.42. The third-order valence-electron chi connectivity index (χ3n) is 6.06. The summed E-state index contributed by atoms with van der Waals surface area (Å²) in [4.78, 5) is 32.4. The maximum Gasteiger partial charge on any atom is 0.322 e. The van der Waals surface area contributed by atoms with Gasteiger partial charge in [-0.2, -0.15) is 0 Å². The van der Waals surface area contributed by atoms with Crippen molar-refractivity contribution in [2.75, 3.05) is 31.8 Å². The molecular formula is C25H29N5O4S. The van der Waals surface area contributed by atoms with Crippen LogP contribution in [-0.4, -0.2) is 42.6 Å². The van der Waals surface area contributed by atoms with Crippen LogP contribution in [0.25, 0.3) is 0 Å². The number of aromatic nitrogens is 1. The largest absolute Gasteiger partial charge is 0.493 e. The molecule has 1 atom stereocenters. The van der Waals surface area contributed by atoms with E-state index in [1.165, 1.54) is 18.4 Å². The number of nitrogens with two attached hydrogens (primary N) is 2. The van der Waals surface area contributed by atoms with E-state index >= 15 is 0 Å². The number of carbonyl (C=O) groups excluding carboxylic acids is 2. The predicted molar refractivity (Wildman–Crippen MR) is 136 cm³/mol. The molecule has 1 unspecified atom stereocenters. The Morgan fingerprint density at radius 3 is 2.54 bits per heavy atom. The van der Waals surface area contributed by atoms with Gasteiger partial charge in [-0.3, -0.25) is 4.79 Å². The fourth-order valence-electron chi connectivity index (χ4n) is 4.19. The van der Waals surface area contributed by atoms with Gasteiger partial charge in [-0.25, -0.2) is 9.78 Å². The van der Waals surface area contributed by atoms with E-state index in [1.54, 1.807) is 30.2 Å². The van der Waals surface area contributed by atoms with Gasteiger partial charge in [0.1, 0.15) is 0 Å². The van der Waals surface area contributed by atoms with Crippen molar-refractivity contribution in [2.45, 2.75) is 32.2 Å². The van der Waals surface area contributed by atoms with Crippen molar-refractivity contribution in [3.05, 3.63) is 63.1 Å². The van der Waals surface area contributed by atoms with E-state index in [9.17, 15) is 9.59 Å².